The van der Waals surface area contributed by atoms with Gasteiger partial charge in [0.1, 0.15) is 0 Å². The Morgan fingerprint density at radius 3 is 2.74 bits per heavy atom. The fourth-order valence-electron chi connectivity index (χ4n) is 5.12. The Morgan fingerprint density at radius 2 is 1.93 bits per heavy atom. The Hall–Kier alpha value is -1.59. The summed E-state index contributed by atoms with van der Waals surface area (Å²) in [5.74, 6) is 0.698. The molecule has 1 aromatic rings. The van der Waals surface area contributed by atoms with Gasteiger partial charge >= 0.3 is 0 Å². The van der Waals surface area contributed by atoms with E-state index in [2.05, 4.69) is 10.6 Å². The van der Waals surface area contributed by atoms with Crippen LogP contribution in [0.1, 0.15) is 38.5 Å². The molecular weight excluding hydrogens is 362 g/mol. The first-order valence-electron chi connectivity index (χ1n) is 10.0. The van der Waals surface area contributed by atoms with Crippen LogP contribution < -0.4 is 10.6 Å². The molecule has 1 unspecified atom stereocenters. The first-order chi connectivity index (χ1) is 12.7. The molecule has 27 heavy (non-hydrogen) atoms. The molecule has 2 aliphatic heterocycles. The number of rotatable bonds is 3. The van der Waals surface area contributed by atoms with Crippen LogP contribution in [-0.4, -0.2) is 42.9 Å². The second kappa shape index (κ2) is 8.61. The number of nitrogens with zero attached hydrogens (tertiary/aromatic N) is 1. The molecule has 0 spiro atoms. The number of anilines is 1. The highest BCUT2D eigenvalue weighted by Crippen LogP contribution is 2.45. The number of benzene rings is 1. The summed E-state index contributed by atoms with van der Waals surface area (Å²) in [7, 11) is 0. The maximum Gasteiger partial charge on any atom is 0.230 e. The number of hydrogen-bond acceptors (Lipinski definition) is 3. The smallest absolute Gasteiger partial charge is 0.230 e. The summed E-state index contributed by atoms with van der Waals surface area (Å²) in [6.07, 6.45) is 6.31. The van der Waals surface area contributed by atoms with Crippen LogP contribution in [0.2, 0.25) is 0 Å². The van der Waals surface area contributed by atoms with Gasteiger partial charge in [-0.05, 0) is 50.3 Å². The van der Waals surface area contributed by atoms with Crippen molar-refractivity contribution in [3.63, 3.8) is 0 Å². The van der Waals surface area contributed by atoms with Crippen molar-refractivity contribution in [3.05, 3.63) is 30.3 Å². The first-order valence-corrected chi connectivity index (χ1v) is 10.0. The molecule has 2 heterocycles. The molecule has 2 amide bonds. The zero-order chi connectivity index (χ0) is 18.0. The highest BCUT2D eigenvalue weighted by Gasteiger charge is 2.51. The predicted octanol–water partition coefficient (Wildman–Crippen LogP) is 3.07. The molecule has 5 nitrogen and oxygen atoms in total. The number of hydrogen-bond donors (Lipinski definition) is 2. The lowest BCUT2D eigenvalue weighted by Crippen LogP contribution is -2.53. The van der Waals surface area contributed by atoms with E-state index in [1.165, 1.54) is 6.42 Å². The van der Waals surface area contributed by atoms with E-state index in [9.17, 15) is 9.59 Å². The van der Waals surface area contributed by atoms with Crippen molar-refractivity contribution in [1.82, 2.24) is 10.2 Å². The average molecular weight is 392 g/mol. The standard InChI is InChI=1S/C21H29N3O2.ClH/c25-19(23-18-9-2-1-3-10-18)16-7-6-12-24(14-16)20(26)21-11-5-4-8-17(21)13-22-15-21;/h1-3,9-10,16-17,22H,4-8,11-15H2,(H,23,25);1H/t16?,17-,21+;/m0./s1. The number of likely N-dealkylation sites (tertiary alicyclic amines) is 1. The molecule has 0 aromatic heterocycles. The molecule has 6 heteroatoms. The number of halogens is 1. The average Bonchev–Trinajstić information content (AvgIpc) is 3.13. The van der Waals surface area contributed by atoms with E-state index in [1.54, 1.807) is 0 Å². The molecule has 2 N–H and O–H groups in total. The van der Waals surface area contributed by atoms with E-state index in [0.29, 0.717) is 18.4 Å². The number of carbonyl (C=O) groups excluding carboxylic acids is 2. The zero-order valence-corrected chi connectivity index (χ0v) is 16.6. The lowest BCUT2D eigenvalue weighted by molar-refractivity contribution is -0.148. The second-order valence-corrected chi connectivity index (χ2v) is 8.18. The van der Waals surface area contributed by atoms with Crippen molar-refractivity contribution < 1.29 is 9.59 Å². The normalized spacial score (nSPS) is 30.1. The summed E-state index contributed by atoms with van der Waals surface area (Å²) >= 11 is 0. The molecule has 3 fully saturated rings. The van der Waals surface area contributed by atoms with Crippen molar-refractivity contribution in [2.24, 2.45) is 17.3 Å². The maximum atomic E-state index is 13.4. The van der Waals surface area contributed by atoms with Gasteiger partial charge in [-0.1, -0.05) is 31.0 Å². The summed E-state index contributed by atoms with van der Waals surface area (Å²) in [6, 6.07) is 9.58. The van der Waals surface area contributed by atoms with E-state index >= 15 is 0 Å². The number of nitrogens with one attached hydrogen (secondary N) is 2. The topological polar surface area (TPSA) is 61.4 Å². The monoisotopic (exact) mass is 391 g/mol. The van der Waals surface area contributed by atoms with Crippen molar-refractivity contribution in [2.45, 2.75) is 38.5 Å². The third-order valence-electron chi connectivity index (χ3n) is 6.58. The molecule has 0 bridgehead atoms. The van der Waals surface area contributed by atoms with Crippen LogP contribution in [0, 0.1) is 17.3 Å². The van der Waals surface area contributed by atoms with Gasteiger partial charge in [-0.25, -0.2) is 0 Å². The number of piperidine rings is 1. The van der Waals surface area contributed by atoms with E-state index in [-0.39, 0.29) is 29.6 Å². The lowest BCUT2D eigenvalue weighted by atomic mass is 9.67. The third kappa shape index (κ3) is 3.99. The summed E-state index contributed by atoms with van der Waals surface area (Å²) in [4.78, 5) is 28.1. The first kappa shape index (κ1) is 20.2. The van der Waals surface area contributed by atoms with Gasteiger partial charge in [0.05, 0.1) is 11.3 Å². The van der Waals surface area contributed by atoms with Crippen molar-refractivity contribution >= 4 is 29.9 Å². The second-order valence-electron chi connectivity index (χ2n) is 8.18. The van der Waals surface area contributed by atoms with Crippen LogP contribution >= 0.6 is 12.4 Å². The molecule has 1 aliphatic carbocycles. The summed E-state index contributed by atoms with van der Waals surface area (Å²) in [6.45, 7) is 3.14. The maximum absolute atomic E-state index is 13.4. The fraction of sp³-hybridized carbons (Fsp3) is 0.619. The molecular formula is C21H30ClN3O2. The Labute approximate surface area is 167 Å². The summed E-state index contributed by atoms with van der Waals surface area (Å²) < 4.78 is 0. The van der Waals surface area contributed by atoms with Gasteiger partial charge in [0, 0.05) is 25.3 Å². The predicted molar refractivity (Wildman–Crippen MR) is 109 cm³/mol. The Morgan fingerprint density at radius 1 is 1.11 bits per heavy atom. The molecule has 148 valence electrons. The van der Waals surface area contributed by atoms with Gasteiger partial charge in [0.15, 0.2) is 0 Å². The minimum atomic E-state index is -0.212. The van der Waals surface area contributed by atoms with Gasteiger partial charge in [-0.2, -0.15) is 0 Å². The molecule has 1 saturated carbocycles. The van der Waals surface area contributed by atoms with E-state index in [0.717, 1.165) is 57.4 Å². The molecule has 3 atom stereocenters. The number of fused-ring (bicyclic) bond motifs is 1. The van der Waals surface area contributed by atoms with Gasteiger partial charge in [0.25, 0.3) is 0 Å². The quantitative estimate of drug-likeness (QED) is 0.832. The third-order valence-corrected chi connectivity index (χ3v) is 6.58. The lowest BCUT2D eigenvalue weighted by Gasteiger charge is -2.43. The SMILES string of the molecule is Cl.O=C(Nc1ccccc1)C1CCCN(C(=O)[C@@]23CCCC[C@H]2CNC3)C1. The van der Waals surface area contributed by atoms with Gasteiger partial charge in [0.2, 0.25) is 11.8 Å². The van der Waals surface area contributed by atoms with E-state index < -0.39 is 0 Å². The van der Waals surface area contributed by atoms with E-state index in [1.807, 2.05) is 35.2 Å². The van der Waals surface area contributed by atoms with Crippen molar-refractivity contribution in [1.29, 1.82) is 0 Å². The largest absolute Gasteiger partial charge is 0.341 e. The Kier molecular flexibility index (Phi) is 6.43. The molecule has 2 saturated heterocycles. The van der Waals surface area contributed by atoms with Crippen LogP contribution in [0.4, 0.5) is 5.69 Å². The van der Waals surface area contributed by atoms with Crippen LogP contribution in [0.15, 0.2) is 30.3 Å². The Balaban J connectivity index is 0.00000210. The van der Waals surface area contributed by atoms with Gasteiger partial charge in [-0.15, -0.1) is 12.4 Å². The highest BCUT2D eigenvalue weighted by molar-refractivity contribution is 5.93. The van der Waals surface area contributed by atoms with Crippen molar-refractivity contribution in [2.75, 3.05) is 31.5 Å². The van der Waals surface area contributed by atoms with Crippen LogP contribution in [0.25, 0.3) is 0 Å². The molecule has 0 radical (unpaired) electrons. The fourth-order valence-corrected chi connectivity index (χ4v) is 5.12. The van der Waals surface area contributed by atoms with Gasteiger partial charge < -0.3 is 15.5 Å². The number of amides is 2. The Bertz CT molecular complexity index is 669. The van der Waals surface area contributed by atoms with Crippen LogP contribution in [0.3, 0.4) is 0 Å². The van der Waals surface area contributed by atoms with E-state index in [4.69, 9.17) is 0 Å². The summed E-state index contributed by atoms with van der Waals surface area (Å²) in [5, 5.41) is 6.47. The number of para-hydroxylation sites is 1. The molecule has 4 rings (SSSR count). The highest BCUT2D eigenvalue weighted by atomic mass is 35.5. The van der Waals surface area contributed by atoms with Crippen molar-refractivity contribution in [3.8, 4) is 0 Å². The van der Waals surface area contributed by atoms with Crippen LogP contribution in [0.5, 0.6) is 0 Å². The minimum Gasteiger partial charge on any atom is -0.341 e. The zero-order valence-electron chi connectivity index (χ0n) is 15.8. The molecule has 1 aromatic carbocycles. The minimum absolute atomic E-state index is 0. The molecule has 3 aliphatic rings. The van der Waals surface area contributed by atoms with Crippen LogP contribution in [-0.2, 0) is 9.59 Å². The summed E-state index contributed by atoms with van der Waals surface area (Å²) in [5.41, 5.74) is 0.614. The number of carbonyl (C=O) groups is 2. The van der Waals surface area contributed by atoms with Gasteiger partial charge in [-0.3, -0.25) is 9.59 Å².